The second kappa shape index (κ2) is 6.09. The molecule has 0 aliphatic heterocycles. The van der Waals surface area contributed by atoms with Crippen molar-refractivity contribution in [3.63, 3.8) is 0 Å². The summed E-state index contributed by atoms with van der Waals surface area (Å²) in [6.07, 6.45) is 4.92. The molecule has 2 unspecified atom stereocenters. The Morgan fingerprint density at radius 3 is 2.85 bits per heavy atom. The predicted molar refractivity (Wildman–Crippen MR) is 76.7 cm³/mol. The molecule has 1 aromatic heterocycles. The lowest BCUT2D eigenvalue weighted by Gasteiger charge is -2.36. The average molecular weight is 279 g/mol. The number of aromatic nitrogens is 1. The molecule has 1 heterocycles. The lowest BCUT2D eigenvalue weighted by atomic mass is 9.91. The predicted octanol–water partition coefficient (Wildman–Crippen LogP) is 1.19. The van der Waals surface area contributed by atoms with E-state index in [9.17, 15) is 9.90 Å². The van der Waals surface area contributed by atoms with Gasteiger partial charge in [0, 0.05) is 13.2 Å². The summed E-state index contributed by atoms with van der Waals surface area (Å²) >= 11 is 0. The Kier molecular flexibility index (Phi) is 4.44. The van der Waals surface area contributed by atoms with Gasteiger partial charge >= 0.3 is 5.97 Å². The Morgan fingerprint density at radius 1 is 1.50 bits per heavy atom. The lowest BCUT2D eigenvalue weighted by Crippen LogP contribution is -2.44. The van der Waals surface area contributed by atoms with Gasteiger partial charge in [0.2, 0.25) is 0 Å². The number of ether oxygens (including phenoxy) is 1. The molecule has 0 aromatic carbocycles. The van der Waals surface area contributed by atoms with Gasteiger partial charge in [-0.1, -0.05) is 12.8 Å². The number of hydrogen-bond acceptors (Lipinski definition) is 6. The minimum atomic E-state index is -0.483. The van der Waals surface area contributed by atoms with Crippen molar-refractivity contribution in [2.75, 3.05) is 24.8 Å². The summed E-state index contributed by atoms with van der Waals surface area (Å²) in [5, 5.41) is 10.1. The molecule has 6 heteroatoms. The number of rotatable bonds is 3. The topological polar surface area (TPSA) is 88.7 Å². The van der Waals surface area contributed by atoms with E-state index in [4.69, 9.17) is 10.5 Å². The second-order valence-electron chi connectivity index (χ2n) is 5.12. The van der Waals surface area contributed by atoms with Gasteiger partial charge in [0.05, 0.1) is 30.5 Å². The molecule has 0 amide bonds. The zero-order valence-electron chi connectivity index (χ0n) is 11.9. The van der Waals surface area contributed by atoms with E-state index < -0.39 is 12.1 Å². The van der Waals surface area contributed by atoms with Crippen molar-refractivity contribution in [3.8, 4) is 0 Å². The van der Waals surface area contributed by atoms with Crippen LogP contribution in [0.15, 0.2) is 12.3 Å². The summed E-state index contributed by atoms with van der Waals surface area (Å²) < 4.78 is 4.70. The van der Waals surface area contributed by atoms with E-state index in [-0.39, 0.29) is 6.04 Å². The van der Waals surface area contributed by atoms with Crippen molar-refractivity contribution in [3.05, 3.63) is 17.8 Å². The highest BCUT2D eigenvalue weighted by Gasteiger charge is 2.29. The smallest absolute Gasteiger partial charge is 0.340 e. The Morgan fingerprint density at radius 2 is 2.20 bits per heavy atom. The summed E-state index contributed by atoms with van der Waals surface area (Å²) in [6, 6.07) is 1.52. The number of aliphatic hydroxyl groups excluding tert-OH is 1. The van der Waals surface area contributed by atoms with Crippen LogP contribution in [0.4, 0.5) is 11.5 Å². The third-order valence-corrected chi connectivity index (χ3v) is 3.90. The summed E-state index contributed by atoms with van der Waals surface area (Å²) in [5.41, 5.74) is 6.62. The number of nitrogens with zero attached hydrogens (tertiary/aromatic N) is 2. The third kappa shape index (κ3) is 2.70. The van der Waals surface area contributed by atoms with Crippen LogP contribution in [-0.2, 0) is 4.74 Å². The summed E-state index contributed by atoms with van der Waals surface area (Å²) in [4.78, 5) is 17.8. The molecule has 1 aliphatic carbocycles. The first-order valence-electron chi connectivity index (χ1n) is 6.80. The van der Waals surface area contributed by atoms with Crippen molar-refractivity contribution >= 4 is 17.5 Å². The molecule has 0 spiro atoms. The molecular formula is C14H21N3O3. The van der Waals surface area contributed by atoms with E-state index in [1.54, 1.807) is 0 Å². The highest BCUT2D eigenvalue weighted by atomic mass is 16.5. The molecule has 2 rings (SSSR count). The molecule has 0 bridgehead atoms. The number of pyridine rings is 1. The van der Waals surface area contributed by atoms with E-state index in [0.717, 1.165) is 25.7 Å². The summed E-state index contributed by atoms with van der Waals surface area (Å²) in [6.45, 7) is 0. The zero-order chi connectivity index (χ0) is 14.7. The van der Waals surface area contributed by atoms with Crippen LogP contribution in [0.3, 0.4) is 0 Å². The van der Waals surface area contributed by atoms with Crippen LogP contribution in [0.5, 0.6) is 0 Å². The molecule has 1 fully saturated rings. The van der Waals surface area contributed by atoms with Gasteiger partial charge in [0.25, 0.3) is 0 Å². The number of nitrogen functional groups attached to an aromatic ring is 1. The van der Waals surface area contributed by atoms with Crippen molar-refractivity contribution < 1.29 is 14.6 Å². The fourth-order valence-electron chi connectivity index (χ4n) is 2.73. The second-order valence-corrected chi connectivity index (χ2v) is 5.12. The van der Waals surface area contributed by atoms with Crippen molar-refractivity contribution in [1.82, 2.24) is 4.98 Å². The van der Waals surface area contributed by atoms with Gasteiger partial charge in [-0.05, 0) is 18.9 Å². The minimum absolute atomic E-state index is 0.0218. The largest absolute Gasteiger partial charge is 0.465 e. The molecule has 110 valence electrons. The van der Waals surface area contributed by atoms with E-state index in [2.05, 4.69) is 4.98 Å². The first kappa shape index (κ1) is 14.6. The maximum Gasteiger partial charge on any atom is 0.340 e. The quantitative estimate of drug-likeness (QED) is 0.808. The minimum Gasteiger partial charge on any atom is -0.465 e. The third-order valence-electron chi connectivity index (χ3n) is 3.90. The van der Waals surface area contributed by atoms with Gasteiger partial charge in [0.15, 0.2) is 5.82 Å². The molecule has 1 aromatic rings. The van der Waals surface area contributed by atoms with Crippen LogP contribution in [0.2, 0.25) is 0 Å². The normalized spacial score (nSPS) is 22.4. The first-order chi connectivity index (χ1) is 9.56. The van der Waals surface area contributed by atoms with E-state index >= 15 is 0 Å². The average Bonchev–Trinajstić information content (AvgIpc) is 2.46. The van der Waals surface area contributed by atoms with Crippen molar-refractivity contribution in [1.29, 1.82) is 0 Å². The van der Waals surface area contributed by atoms with Gasteiger partial charge in [-0.3, -0.25) is 0 Å². The molecule has 6 nitrogen and oxygen atoms in total. The Hall–Kier alpha value is -1.82. The molecular weight excluding hydrogens is 258 g/mol. The fraction of sp³-hybridized carbons (Fsp3) is 0.571. The van der Waals surface area contributed by atoms with Gasteiger partial charge in [-0.2, -0.15) is 0 Å². The first-order valence-corrected chi connectivity index (χ1v) is 6.80. The van der Waals surface area contributed by atoms with E-state index in [1.807, 2.05) is 11.9 Å². The number of likely N-dealkylation sites (N-methyl/N-ethyl adjacent to an activating group) is 1. The standard InChI is InChI=1S/C14H21N3O3/c1-17(10-5-3-4-6-11(10)18)13-12(15)9(7-8-16-13)14(19)20-2/h7-8,10-11,18H,3-6,15H2,1-2H3. The maximum absolute atomic E-state index is 11.7. The van der Waals surface area contributed by atoms with Crippen LogP contribution in [0.25, 0.3) is 0 Å². The number of carbonyl (C=O) groups excluding carboxylic acids is 1. The zero-order valence-corrected chi connectivity index (χ0v) is 11.9. The highest BCUT2D eigenvalue weighted by Crippen LogP contribution is 2.30. The van der Waals surface area contributed by atoms with Gasteiger partial charge < -0.3 is 20.5 Å². The van der Waals surface area contributed by atoms with Crippen LogP contribution < -0.4 is 10.6 Å². The molecule has 1 saturated carbocycles. The maximum atomic E-state index is 11.7. The van der Waals surface area contributed by atoms with Gasteiger partial charge in [-0.15, -0.1) is 0 Å². The monoisotopic (exact) mass is 279 g/mol. The molecule has 20 heavy (non-hydrogen) atoms. The fourth-order valence-corrected chi connectivity index (χ4v) is 2.73. The molecule has 2 atom stereocenters. The van der Waals surface area contributed by atoms with E-state index in [0.29, 0.717) is 17.1 Å². The number of carbonyl (C=O) groups is 1. The van der Waals surface area contributed by atoms with Crippen molar-refractivity contribution in [2.45, 2.75) is 37.8 Å². The van der Waals surface area contributed by atoms with Crippen molar-refractivity contribution in [2.24, 2.45) is 0 Å². The van der Waals surface area contributed by atoms with Crippen LogP contribution in [-0.4, -0.2) is 42.4 Å². The molecule has 1 aliphatic rings. The van der Waals surface area contributed by atoms with Crippen LogP contribution >= 0.6 is 0 Å². The van der Waals surface area contributed by atoms with Gasteiger partial charge in [0.1, 0.15) is 0 Å². The lowest BCUT2D eigenvalue weighted by molar-refractivity contribution is 0.0602. The van der Waals surface area contributed by atoms with E-state index in [1.165, 1.54) is 19.4 Å². The highest BCUT2D eigenvalue weighted by molar-refractivity contribution is 5.97. The number of esters is 1. The summed E-state index contributed by atoms with van der Waals surface area (Å²) in [7, 11) is 3.16. The molecule has 0 saturated heterocycles. The Bertz CT molecular complexity index is 493. The number of methoxy groups -OCH3 is 1. The summed E-state index contributed by atoms with van der Waals surface area (Å²) in [5.74, 6) is 0.0302. The van der Waals surface area contributed by atoms with Crippen LogP contribution in [0.1, 0.15) is 36.0 Å². The molecule has 3 N–H and O–H groups in total. The number of hydrogen-bond donors (Lipinski definition) is 2. The SMILES string of the molecule is COC(=O)c1ccnc(N(C)C2CCCCC2O)c1N. The number of nitrogens with two attached hydrogens (primary N) is 1. The van der Waals surface area contributed by atoms with Crippen LogP contribution in [0, 0.1) is 0 Å². The Balaban J connectivity index is 2.30. The number of aliphatic hydroxyl groups is 1. The molecule has 0 radical (unpaired) electrons. The Labute approximate surface area is 118 Å². The number of anilines is 2. The van der Waals surface area contributed by atoms with Gasteiger partial charge in [-0.25, -0.2) is 9.78 Å².